The van der Waals surface area contributed by atoms with Gasteiger partial charge < -0.3 is 4.90 Å². The van der Waals surface area contributed by atoms with Gasteiger partial charge in [0.25, 0.3) is 5.56 Å². The minimum atomic E-state index is 0.0161. The van der Waals surface area contributed by atoms with Crippen molar-refractivity contribution >= 4 is 29.2 Å². The topological polar surface area (TPSA) is 52.2 Å². The summed E-state index contributed by atoms with van der Waals surface area (Å²) < 4.78 is 0. The standard InChI is InChI=1S/C20H24Cl2N4O/c1-13-3-2-7-26(10-13)20-23-18-12-25(8-6-15(18)19(27)24-20)11-14-4-5-16(21)17(22)9-14/h4-5,9,13H,2-3,6-8,10-12H2,1H3,(H,23,24,27). The summed E-state index contributed by atoms with van der Waals surface area (Å²) in [5.41, 5.74) is 2.86. The molecule has 0 bridgehead atoms. The van der Waals surface area contributed by atoms with Crippen LogP contribution in [-0.4, -0.2) is 34.5 Å². The molecule has 0 saturated carbocycles. The quantitative estimate of drug-likeness (QED) is 0.840. The summed E-state index contributed by atoms with van der Waals surface area (Å²) in [4.78, 5) is 25.0. The Morgan fingerprint density at radius 3 is 2.89 bits per heavy atom. The summed E-state index contributed by atoms with van der Waals surface area (Å²) >= 11 is 12.1. The highest BCUT2D eigenvalue weighted by Crippen LogP contribution is 2.25. The number of nitrogens with zero attached hydrogens (tertiary/aromatic N) is 3. The van der Waals surface area contributed by atoms with E-state index in [2.05, 4.69) is 21.7 Å². The van der Waals surface area contributed by atoms with Crippen molar-refractivity contribution in [1.82, 2.24) is 14.9 Å². The van der Waals surface area contributed by atoms with E-state index in [-0.39, 0.29) is 5.56 Å². The van der Waals surface area contributed by atoms with Gasteiger partial charge in [0.2, 0.25) is 5.95 Å². The Hall–Kier alpha value is -1.56. The van der Waals surface area contributed by atoms with E-state index in [4.69, 9.17) is 28.2 Å². The molecule has 1 N–H and O–H groups in total. The Bertz CT molecular complexity index is 898. The van der Waals surface area contributed by atoms with Crippen molar-refractivity contribution in [1.29, 1.82) is 0 Å². The molecule has 1 saturated heterocycles. The molecule has 3 heterocycles. The van der Waals surface area contributed by atoms with E-state index in [1.165, 1.54) is 6.42 Å². The number of aromatic nitrogens is 2. The molecule has 0 aliphatic carbocycles. The monoisotopic (exact) mass is 406 g/mol. The van der Waals surface area contributed by atoms with E-state index >= 15 is 0 Å². The molecule has 1 aromatic carbocycles. The average Bonchev–Trinajstić information content (AvgIpc) is 2.64. The Labute approximate surface area is 169 Å². The van der Waals surface area contributed by atoms with Gasteiger partial charge in [0.15, 0.2) is 0 Å². The average molecular weight is 407 g/mol. The molecular formula is C20H24Cl2N4O. The fraction of sp³-hybridized carbons (Fsp3) is 0.500. The molecule has 1 aromatic heterocycles. The maximum atomic E-state index is 12.6. The molecule has 27 heavy (non-hydrogen) atoms. The number of H-pyrrole nitrogens is 1. The first-order valence-corrected chi connectivity index (χ1v) is 10.3. The molecule has 5 nitrogen and oxygen atoms in total. The number of halogens is 2. The second kappa shape index (κ2) is 7.82. The van der Waals surface area contributed by atoms with Crippen molar-refractivity contribution in [2.75, 3.05) is 24.5 Å². The van der Waals surface area contributed by atoms with Crippen molar-refractivity contribution in [3.63, 3.8) is 0 Å². The Balaban J connectivity index is 1.54. The van der Waals surface area contributed by atoms with Gasteiger partial charge in [0.05, 0.1) is 15.7 Å². The van der Waals surface area contributed by atoms with E-state index in [1.807, 2.05) is 18.2 Å². The first kappa shape index (κ1) is 18.8. The van der Waals surface area contributed by atoms with Gasteiger partial charge in [-0.1, -0.05) is 36.2 Å². The highest BCUT2D eigenvalue weighted by molar-refractivity contribution is 6.42. The highest BCUT2D eigenvalue weighted by atomic mass is 35.5. The van der Waals surface area contributed by atoms with E-state index in [0.717, 1.165) is 61.8 Å². The molecular weight excluding hydrogens is 383 g/mol. The number of hydrogen-bond acceptors (Lipinski definition) is 4. The summed E-state index contributed by atoms with van der Waals surface area (Å²) in [5.74, 6) is 1.35. The smallest absolute Gasteiger partial charge is 0.255 e. The highest BCUT2D eigenvalue weighted by Gasteiger charge is 2.24. The molecule has 0 amide bonds. The molecule has 7 heteroatoms. The van der Waals surface area contributed by atoms with E-state index in [1.54, 1.807) is 0 Å². The van der Waals surface area contributed by atoms with Crippen molar-refractivity contribution in [3.8, 4) is 0 Å². The number of rotatable bonds is 3. The number of piperidine rings is 1. The van der Waals surface area contributed by atoms with Crippen LogP contribution in [0.25, 0.3) is 0 Å². The lowest BCUT2D eigenvalue weighted by atomic mass is 10.0. The predicted molar refractivity (Wildman–Crippen MR) is 110 cm³/mol. The normalized spacial score (nSPS) is 20.6. The molecule has 1 fully saturated rings. The van der Waals surface area contributed by atoms with E-state index < -0.39 is 0 Å². The van der Waals surface area contributed by atoms with Gasteiger partial charge in [-0.15, -0.1) is 0 Å². The number of aromatic amines is 1. The molecule has 2 aliphatic rings. The third-order valence-corrected chi connectivity index (χ3v) is 6.23. The van der Waals surface area contributed by atoms with Crippen LogP contribution < -0.4 is 10.5 Å². The Morgan fingerprint density at radius 2 is 2.11 bits per heavy atom. The van der Waals surface area contributed by atoms with Gasteiger partial charge in [-0.25, -0.2) is 4.98 Å². The predicted octanol–water partition coefficient (Wildman–Crippen LogP) is 3.87. The van der Waals surface area contributed by atoms with E-state index in [0.29, 0.717) is 22.5 Å². The minimum absolute atomic E-state index is 0.0161. The fourth-order valence-corrected chi connectivity index (χ4v) is 4.36. The third-order valence-electron chi connectivity index (χ3n) is 5.49. The lowest BCUT2D eigenvalue weighted by molar-refractivity contribution is 0.240. The van der Waals surface area contributed by atoms with Crippen molar-refractivity contribution in [3.05, 3.63) is 55.4 Å². The lowest BCUT2D eigenvalue weighted by Crippen LogP contribution is -2.39. The van der Waals surface area contributed by atoms with E-state index in [9.17, 15) is 4.79 Å². The molecule has 4 rings (SSSR count). The molecule has 0 spiro atoms. The largest absolute Gasteiger partial charge is 0.342 e. The fourth-order valence-electron chi connectivity index (χ4n) is 4.04. The zero-order chi connectivity index (χ0) is 19.0. The molecule has 144 valence electrons. The number of benzene rings is 1. The van der Waals surface area contributed by atoms with Gasteiger partial charge in [0, 0.05) is 38.3 Å². The lowest BCUT2D eigenvalue weighted by Gasteiger charge is -2.33. The molecule has 1 atom stereocenters. The van der Waals surface area contributed by atoms with Crippen molar-refractivity contribution in [2.45, 2.75) is 39.3 Å². The molecule has 2 aliphatic heterocycles. The van der Waals surface area contributed by atoms with Crippen molar-refractivity contribution in [2.24, 2.45) is 5.92 Å². The molecule has 0 radical (unpaired) electrons. The molecule has 2 aromatic rings. The van der Waals surface area contributed by atoms with Crippen LogP contribution in [0, 0.1) is 5.92 Å². The number of hydrogen-bond donors (Lipinski definition) is 1. The zero-order valence-corrected chi connectivity index (χ0v) is 17.0. The van der Waals surface area contributed by atoms with Crippen molar-refractivity contribution < 1.29 is 0 Å². The maximum absolute atomic E-state index is 12.6. The van der Waals surface area contributed by atoms with Gasteiger partial charge in [0.1, 0.15) is 0 Å². The van der Waals surface area contributed by atoms with Crippen LogP contribution in [0.2, 0.25) is 10.0 Å². The van der Waals surface area contributed by atoms with Gasteiger partial charge in [-0.2, -0.15) is 0 Å². The number of fused-ring (bicyclic) bond motifs is 1. The van der Waals surface area contributed by atoms with Gasteiger partial charge in [-0.05, 0) is 42.9 Å². The second-order valence-electron chi connectivity index (χ2n) is 7.72. The maximum Gasteiger partial charge on any atom is 0.255 e. The van der Waals surface area contributed by atoms with Crippen LogP contribution in [0.1, 0.15) is 36.6 Å². The first-order valence-electron chi connectivity index (χ1n) is 9.53. The number of anilines is 1. The minimum Gasteiger partial charge on any atom is -0.342 e. The van der Waals surface area contributed by atoms with Gasteiger partial charge >= 0.3 is 0 Å². The first-order chi connectivity index (χ1) is 13.0. The second-order valence-corrected chi connectivity index (χ2v) is 8.53. The van der Waals surface area contributed by atoms with Gasteiger partial charge in [-0.3, -0.25) is 14.7 Å². The third kappa shape index (κ3) is 4.15. The van der Waals surface area contributed by atoms with Crippen LogP contribution in [0.3, 0.4) is 0 Å². The van der Waals surface area contributed by atoms with Crippen LogP contribution in [0.15, 0.2) is 23.0 Å². The van der Waals surface area contributed by atoms with Crippen LogP contribution in [-0.2, 0) is 19.5 Å². The Kier molecular flexibility index (Phi) is 5.44. The van der Waals surface area contributed by atoms with Crippen LogP contribution in [0.4, 0.5) is 5.95 Å². The molecule has 1 unspecified atom stereocenters. The summed E-state index contributed by atoms with van der Waals surface area (Å²) in [6.07, 6.45) is 3.10. The van der Waals surface area contributed by atoms with Crippen LogP contribution in [0.5, 0.6) is 0 Å². The summed E-state index contributed by atoms with van der Waals surface area (Å²) in [5, 5.41) is 1.14. The summed E-state index contributed by atoms with van der Waals surface area (Å²) in [6.45, 7) is 6.43. The zero-order valence-electron chi connectivity index (χ0n) is 15.5. The summed E-state index contributed by atoms with van der Waals surface area (Å²) in [6, 6.07) is 5.73. The Morgan fingerprint density at radius 1 is 1.26 bits per heavy atom. The van der Waals surface area contributed by atoms with Crippen LogP contribution >= 0.6 is 23.2 Å². The number of nitrogens with one attached hydrogen (secondary N) is 1. The summed E-state index contributed by atoms with van der Waals surface area (Å²) in [7, 11) is 0. The SMILES string of the molecule is CC1CCCN(c2nc3c(c(=O)[nH]2)CCN(Cc2ccc(Cl)c(Cl)c2)C3)C1.